The van der Waals surface area contributed by atoms with Crippen LogP contribution in [-0.4, -0.2) is 67.0 Å². The molecule has 102 heavy (non-hydrogen) atoms. The molecule has 2 N–H and O–H groups in total. The van der Waals surface area contributed by atoms with Gasteiger partial charge in [-0.15, -0.1) is 0 Å². The molecule has 12 nitrogen and oxygen atoms in total. The number of esters is 1. The number of carbonyl (C=O) groups is 3. The number of halogens is 3. The Morgan fingerprint density at radius 3 is 0.971 bits per heavy atom. The topological polar surface area (TPSA) is 167 Å². The van der Waals surface area contributed by atoms with Gasteiger partial charge in [0, 0.05) is 60.3 Å². The minimum Gasteiger partial charge on any atom is -0.479 e. The van der Waals surface area contributed by atoms with Crippen LogP contribution in [0.15, 0.2) is 134 Å². The number of benzene rings is 6. The third-order valence-electron chi connectivity index (χ3n) is 18.4. The predicted molar refractivity (Wildman–Crippen MR) is 415 cm³/mol. The van der Waals surface area contributed by atoms with Gasteiger partial charge in [-0.3, -0.25) is 9.97 Å². The first-order valence-electron chi connectivity index (χ1n) is 34.7. The molecule has 0 amide bonds. The number of pyridine rings is 3. The second-order valence-corrected chi connectivity index (χ2v) is 31.3. The van der Waals surface area contributed by atoms with Crippen LogP contribution in [0.2, 0.25) is 15.1 Å². The quantitative estimate of drug-likeness (QED) is 0.0782. The van der Waals surface area contributed by atoms with Crippen LogP contribution in [0.25, 0.3) is 73.2 Å². The number of carbonyl (C=O) groups excluding carboxylic acids is 1. The summed E-state index contributed by atoms with van der Waals surface area (Å²) in [7, 11) is 1.41. The van der Waals surface area contributed by atoms with Crippen molar-refractivity contribution in [3.8, 4) is 67.2 Å². The van der Waals surface area contributed by atoms with Gasteiger partial charge in [-0.1, -0.05) is 114 Å². The van der Waals surface area contributed by atoms with Crippen molar-refractivity contribution in [1.82, 2.24) is 15.0 Å². The number of hydrogen-bond donors (Lipinski definition) is 2. The molecule has 6 aromatic carbocycles. The van der Waals surface area contributed by atoms with Gasteiger partial charge < -0.3 is 29.2 Å². The van der Waals surface area contributed by atoms with Gasteiger partial charge in [0.05, 0.1) is 58.1 Å². The number of rotatable bonds is 18. The lowest BCUT2D eigenvalue weighted by molar-refractivity contribution is -0.164. The first-order valence-corrected chi connectivity index (χ1v) is 35.9. The highest BCUT2D eigenvalue weighted by atomic mass is 35.5. The Morgan fingerprint density at radius 2 is 0.696 bits per heavy atom. The first kappa shape index (κ1) is 77.8. The standard InChI is InChI=1S/C30H34ClNO3.C29H32ClNO3.C28H30ClNO3/c1-17-8-9-22(16-18(17)2)26-19(3)24(20-12-14-23(31)15-13-20)25(27(32-26)21-10-11-21)28(29(33)34-7)35-30(4,5)6;1-16-7-8-21(15-17(16)2)25-18(3)23(19-11-13-22(30)14-12-19)24(26(31-25)20-9-10-20)27(28(32)33)34-29(4,5)6;1-8-22-24(26(27(31)32)33-28(5,6)7)23(19-11-13-21(29)14-12-19)18(4)25(30-22)20-10-9-16(2)17(3)15-20/h8-9,12-16,21,28H,10-11H2,1-7H3;7-8,11-15,20,27H,9-10H2,1-6H3,(H,32,33);8-15,26H,1H2,2-7H3,(H,31,32)/t28-;27-;26-/m000/s1. The summed E-state index contributed by atoms with van der Waals surface area (Å²) in [6.45, 7) is 39.6. The zero-order chi connectivity index (χ0) is 74.8. The fraction of sp³-hybridized carbons (Fsp3) is 0.356. The van der Waals surface area contributed by atoms with E-state index in [1.165, 1.54) is 34.9 Å². The third-order valence-corrected chi connectivity index (χ3v) is 19.2. The van der Waals surface area contributed by atoms with Gasteiger partial charge in [-0.05, 0) is 294 Å². The molecule has 0 aliphatic heterocycles. The predicted octanol–water partition coefficient (Wildman–Crippen LogP) is 23.3. The Kier molecular flexibility index (Phi) is 24.2. The van der Waals surface area contributed by atoms with Crippen LogP contribution in [0.3, 0.4) is 0 Å². The average molecular weight is 1430 g/mol. The summed E-state index contributed by atoms with van der Waals surface area (Å²) in [5.41, 5.74) is 23.4. The number of ether oxygens (including phenoxy) is 4. The lowest BCUT2D eigenvalue weighted by atomic mass is 9.87. The molecule has 534 valence electrons. The second kappa shape index (κ2) is 31.7. The summed E-state index contributed by atoms with van der Waals surface area (Å²) in [6, 6.07) is 41.7. The lowest BCUT2D eigenvalue weighted by Gasteiger charge is -2.30. The van der Waals surface area contributed by atoms with Crippen LogP contribution in [0.1, 0.15) is 202 Å². The molecule has 0 unspecified atom stereocenters. The molecule has 2 fully saturated rings. The zero-order valence-electron chi connectivity index (χ0n) is 62.4. The Bertz CT molecular complexity index is 4630. The molecule has 3 heterocycles. The number of methoxy groups -OCH3 is 1. The molecule has 3 atom stereocenters. The molecule has 3 aromatic heterocycles. The maximum absolute atomic E-state index is 13.2. The van der Waals surface area contributed by atoms with Gasteiger partial charge in [0.25, 0.3) is 0 Å². The van der Waals surface area contributed by atoms with E-state index >= 15 is 0 Å². The van der Waals surface area contributed by atoms with E-state index in [1.807, 2.05) is 143 Å². The van der Waals surface area contributed by atoms with Crippen molar-refractivity contribution < 1.29 is 43.5 Å². The number of aryl methyl sites for hydroxylation is 6. The molecule has 2 aliphatic rings. The number of aromatic nitrogens is 3. The van der Waals surface area contributed by atoms with Gasteiger partial charge in [-0.25, -0.2) is 19.4 Å². The molecule has 0 radical (unpaired) electrons. The minimum atomic E-state index is -1.22. The van der Waals surface area contributed by atoms with Crippen molar-refractivity contribution in [2.45, 2.75) is 197 Å². The van der Waals surface area contributed by atoms with Crippen LogP contribution in [0.5, 0.6) is 0 Å². The monoisotopic (exact) mass is 1430 g/mol. The molecular weight excluding hydrogens is 1340 g/mol. The van der Waals surface area contributed by atoms with Crippen molar-refractivity contribution in [3.63, 3.8) is 0 Å². The van der Waals surface area contributed by atoms with Gasteiger partial charge >= 0.3 is 17.9 Å². The van der Waals surface area contributed by atoms with Gasteiger partial charge in [0.1, 0.15) is 0 Å². The molecule has 0 spiro atoms. The van der Waals surface area contributed by atoms with Crippen LogP contribution >= 0.6 is 34.8 Å². The van der Waals surface area contributed by atoms with E-state index < -0.39 is 53.0 Å². The molecule has 2 saturated carbocycles. The molecule has 15 heteroatoms. The largest absolute Gasteiger partial charge is 0.479 e. The fourth-order valence-corrected chi connectivity index (χ4v) is 13.1. The van der Waals surface area contributed by atoms with Crippen LogP contribution in [0, 0.1) is 62.3 Å². The Hall–Kier alpha value is -8.33. The number of nitrogens with zero attached hydrogens (tertiary/aromatic N) is 3. The van der Waals surface area contributed by atoms with E-state index in [4.69, 9.17) is 68.7 Å². The van der Waals surface area contributed by atoms with E-state index in [1.54, 1.807) is 18.2 Å². The molecule has 0 saturated heterocycles. The summed E-state index contributed by atoms with van der Waals surface area (Å²) in [6.07, 6.45) is 2.44. The number of aliphatic carboxylic acids is 2. The number of carboxylic acid groups (broad SMARTS) is 2. The van der Waals surface area contributed by atoms with Crippen molar-refractivity contribution >= 4 is 58.8 Å². The van der Waals surface area contributed by atoms with Crippen molar-refractivity contribution in [1.29, 1.82) is 0 Å². The summed E-state index contributed by atoms with van der Waals surface area (Å²) in [4.78, 5) is 53.4. The first-order chi connectivity index (χ1) is 47.9. The SMILES string of the molecule is C=Cc1nc(-c2ccc(C)c(C)c2)c(C)c(-c2ccc(Cl)cc2)c1[C@H](OC(C)(C)C)C(=O)O.COC(=O)[C@@H](OC(C)(C)C)c1c(C2CC2)nc(-c2ccc(C)c(C)c2)c(C)c1-c1ccc(Cl)cc1.Cc1ccc(-c2nc(C3CC3)c([C@H](OC(C)(C)C)C(=O)O)c(-c3ccc(Cl)cc3)c2C)cc1C. The summed E-state index contributed by atoms with van der Waals surface area (Å²) in [5.74, 6) is -1.98. The fourth-order valence-electron chi connectivity index (χ4n) is 12.8. The van der Waals surface area contributed by atoms with E-state index in [0.29, 0.717) is 31.9 Å². The van der Waals surface area contributed by atoms with E-state index in [2.05, 4.69) is 104 Å². The van der Waals surface area contributed by atoms with Gasteiger partial charge in [0.2, 0.25) is 0 Å². The highest BCUT2D eigenvalue weighted by Gasteiger charge is 2.42. The number of hydrogen-bond acceptors (Lipinski definition) is 10. The zero-order valence-corrected chi connectivity index (χ0v) is 64.6. The Labute approximate surface area is 617 Å². The van der Waals surface area contributed by atoms with Crippen molar-refractivity contribution in [2.24, 2.45) is 0 Å². The van der Waals surface area contributed by atoms with Crippen molar-refractivity contribution in [3.05, 3.63) is 233 Å². The summed E-state index contributed by atoms with van der Waals surface area (Å²) >= 11 is 18.6. The Balaban J connectivity index is 0.000000178. The van der Waals surface area contributed by atoms with Crippen LogP contribution in [0.4, 0.5) is 0 Å². The highest BCUT2D eigenvalue weighted by molar-refractivity contribution is 6.31. The molecule has 9 aromatic rings. The van der Waals surface area contributed by atoms with E-state index in [-0.39, 0.29) is 11.8 Å². The van der Waals surface area contributed by atoms with E-state index in [9.17, 15) is 24.6 Å². The molecule has 2 aliphatic carbocycles. The molecule has 0 bridgehead atoms. The van der Waals surface area contributed by atoms with Crippen LogP contribution < -0.4 is 0 Å². The average Bonchev–Trinajstić information content (AvgIpc) is 1.24. The minimum absolute atomic E-state index is 0.234. The maximum Gasteiger partial charge on any atom is 0.339 e. The van der Waals surface area contributed by atoms with Crippen LogP contribution in [-0.2, 0) is 33.3 Å². The molecular formula is C87H96Cl3N3O9. The summed E-state index contributed by atoms with van der Waals surface area (Å²) in [5, 5.41) is 22.4. The van der Waals surface area contributed by atoms with E-state index in [0.717, 1.165) is 132 Å². The summed E-state index contributed by atoms with van der Waals surface area (Å²) < 4.78 is 23.8. The third kappa shape index (κ3) is 18.5. The Morgan fingerprint density at radius 1 is 0.422 bits per heavy atom. The van der Waals surface area contributed by atoms with Crippen molar-refractivity contribution in [2.75, 3.05) is 7.11 Å². The van der Waals surface area contributed by atoms with Gasteiger partial charge in [-0.2, -0.15) is 0 Å². The maximum atomic E-state index is 13.2. The molecule has 11 rings (SSSR count). The van der Waals surface area contributed by atoms with Gasteiger partial charge in [0.15, 0.2) is 18.3 Å². The lowest BCUT2D eigenvalue weighted by Crippen LogP contribution is -2.30. The smallest absolute Gasteiger partial charge is 0.339 e. The number of carboxylic acids is 2. The highest BCUT2D eigenvalue weighted by Crippen LogP contribution is 2.52. The second-order valence-electron chi connectivity index (χ2n) is 30.0. The normalized spacial score (nSPS) is 14.0.